The summed E-state index contributed by atoms with van der Waals surface area (Å²) in [5.41, 5.74) is 7.99. The average molecular weight is 319 g/mol. The first-order chi connectivity index (χ1) is 11.3. The second-order valence-electron chi connectivity index (χ2n) is 6.44. The number of hydrogen-bond acceptors (Lipinski definition) is 4. The summed E-state index contributed by atoms with van der Waals surface area (Å²) in [6, 6.07) is 14.0. The van der Waals surface area contributed by atoms with Crippen LogP contribution in [0.5, 0.6) is 0 Å². The fourth-order valence-corrected chi connectivity index (χ4v) is 2.98. The minimum Gasteiger partial charge on any atom is -0.399 e. The number of benzene rings is 2. The molecule has 2 aromatic rings. The van der Waals surface area contributed by atoms with E-state index < -0.39 is 5.41 Å². The maximum absolute atomic E-state index is 12.9. The molecular formula is C19H17N3O2. The highest BCUT2D eigenvalue weighted by Gasteiger charge is 2.44. The van der Waals surface area contributed by atoms with Crippen LogP contribution in [-0.2, 0) is 16.8 Å². The van der Waals surface area contributed by atoms with Crippen LogP contribution in [0.2, 0.25) is 0 Å². The van der Waals surface area contributed by atoms with Gasteiger partial charge in [0, 0.05) is 11.3 Å². The maximum Gasteiger partial charge on any atom is 0.261 e. The fourth-order valence-electron chi connectivity index (χ4n) is 2.98. The van der Waals surface area contributed by atoms with Crippen LogP contribution in [-0.4, -0.2) is 16.7 Å². The summed E-state index contributed by atoms with van der Waals surface area (Å²) in [6.45, 7) is 3.78. The molecule has 2 N–H and O–H groups in total. The van der Waals surface area contributed by atoms with Crippen molar-refractivity contribution in [2.75, 3.05) is 5.73 Å². The minimum atomic E-state index is -0.802. The van der Waals surface area contributed by atoms with Crippen LogP contribution in [0.1, 0.15) is 40.9 Å². The van der Waals surface area contributed by atoms with Gasteiger partial charge in [-0.2, -0.15) is 5.26 Å². The van der Waals surface area contributed by atoms with Crippen molar-refractivity contribution in [2.45, 2.75) is 25.8 Å². The van der Waals surface area contributed by atoms with Gasteiger partial charge in [0.15, 0.2) is 0 Å². The van der Waals surface area contributed by atoms with E-state index in [1.807, 2.05) is 19.9 Å². The lowest BCUT2D eigenvalue weighted by Gasteiger charge is -2.37. The average Bonchev–Trinajstić information content (AvgIpc) is 2.57. The van der Waals surface area contributed by atoms with Crippen molar-refractivity contribution in [3.63, 3.8) is 0 Å². The lowest BCUT2D eigenvalue weighted by atomic mass is 9.77. The SMILES string of the molecule is CC1(C)C(=O)N(Cc2ccc(C#N)cc2)C(=O)c2cc(N)ccc21. The number of carbonyl (C=O) groups is 2. The van der Waals surface area contributed by atoms with Gasteiger partial charge in [-0.15, -0.1) is 0 Å². The van der Waals surface area contributed by atoms with Crippen molar-refractivity contribution in [2.24, 2.45) is 0 Å². The van der Waals surface area contributed by atoms with Crippen LogP contribution in [0, 0.1) is 11.3 Å². The van der Waals surface area contributed by atoms with Crippen molar-refractivity contribution < 1.29 is 9.59 Å². The highest BCUT2D eigenvalue weighted by molar-refractivity contribution is 6.13. The fraction of sp³-hybridized carbons (Fsp3) is 0.211. The number of anilines is 1. The number of carbonyl (C=O) groups excluding carboxylic acids is 2. The number of nitrogens with zero attached hydrogens (tertiary/aromatic N) is 2. The van der Waals surface area contributed by atoms with Crippen molar-refractivity contribution in [3.8, 4) is 6.07 Å². The van der Waals surface area contributed by atoms with Crippen LogP contribution < -0.4 is 5.73 Å². The van der Waals surface area contributed by atoms with E-state index >= 15 is 0 Å². The number of rotatable bonds is 2. The topological polar surface area (TPSA) is 87.2 Å². The summed E-state index contributed by atoms with van der Waals surface area (Å²) in [5, 5.41) is 8.86. The molecule has 0 saturated carbocycles. The molecule has 2 aromatic carbocycles. The molecule has 1 heterocycles. The van der Waals surface area contributed by atoms with Crippen LogP contribution in [0.15, 0.2) is 42.5 Å². The van der Waals surface area contributed by atoms with Gasteiger partial charge in [-0.1, -0.05) is 18.2 Å². The third-order valence-corrected chi connectivity index (χ3v) is 4.40. The number of hydrogen-bond donors (Lipinski definition) is 1. The van der Waals surface area contributed by atoms with E-state index in [4.69, 9.17) is 11.0 Å². The first kappa shape index (κ1) is 15.8. The van der Waals surface area contributed by atoms with Gasteiger partial charge in [-0.05, 0) is 49.2 Å². The van der Waals surface area contributed by atoms with Crippen LogP contribution in [0.25, 0.3) is 0 Å². The molecule has 0 atom stereocenters. The second kappa shape index (κ2) is 5.50. The van der Waals surface area contributed by atoms with E-state index in [-0.39, 0.29) is 18.4 Å². The zero-order chi connectivity index (χ0) is 17.5. The number of fused-ring (bicyclic) bond motifs is 1. The Bertz CT molecular complexity index is 876. The third-order valence-electron chi connectivity index (χ3n) is 4.40. The van der Waals surface area contributed by atoms with Gasteiger partial charge in [0.05, 0.1) is 23.6 Å². The van der Waals surface area contributed by atoms with Gasteiger partial charge in [0.1, 0.15) is 0 Å². The maximum atomic E-state index is 12.9. The van der Waals surface area contributed by atoms with Crippen molar-refractivity contribution in [1.29, 1.82) is 5.26 Å². The molecule has 120 valence electrons. The summed E-state index contributed by atoms with van der Waals surface area (Å²) in [7, 11) is 0. The van der Waals surface area contributed by atoms with Gasteiger partial charge < -0.3 is 5.73 Å². The predicted molar refractivity (Wildman–Crippen MR) is 89.9 cm³/mol. The zero-order valence-corrected chi connectivity index (χ0v) is 13.5. The van der Waals surface area contributed by atoms with Crippen molar-refractivity contribution in [1.82, 2.24) is 4.90 Å². The summed E-state index contributed by atoms with van der Waals surface area (Å²) in [6.07, 6.45) is 0. The molecule has 0 unspecified atom stereocenters. The standard InChI is InChI=1S/C19H17N3O2/c1-19(2)16-8-7-14(21)9-15(16)17(23)22(18(19)24)11-13-5-3-12(10-20)4-6-13/h3-9H,11,21H2,1-2H3. The summed E-state index contributed by atoms with van der Waals surface area (Å²) >= 11 is 0. The van der Waals surface area contributed by atoms with Crippen molar-refractivity contribution in [3.05, 3.63) is 64.7 Å². The number of nitrogen functional groups attached to an aromatic ring is 1. The van der Waals surface area contributed by atoms with E-state index in [1.165, 1.54) is 4.90 Å². The second-order valence-corrected chi connectivity index (χ2v) is 6.44. The van der Waals surface area contributed by atoms with E-state index in [1.54, 1.807) is 42.5 Å². The Hall–Kier alpha value is -3.13. The number of imide groups is 1. The molecule has 5 nitrogen and oxygen atoms in total. The summed E-state index contributed by atoms with van der Waals surface area (Å²) < 4.78 is 0. The van der Waals surface area contributed by atoms with E-state index in [0.717, 1.165) is 5.56 Å². The molecule has 0 aliphatic carbocycles. The van der Waals surface area contributed by atoms with Crippen LogP contribution >= 0.6 is 0 Å². The summed E-state index contributed by atoms with van der Waals surface area (Å²) in [4.78, 5) is 26.9. The molecule has 0 radical (unpaired) electrons. The lowest BCUT2D eigenvalue weighted by Crippen LogP contribution is -2.51. The molecule has 24 heavy (non-hydrogen) atoms. The Morgan fingerprint density at radius 3 is 2.42 bits per heavy atom. The molecule has 0 aromatic heterocycles. The van der Waals surface area contributed by atoms with Gasteiger partial charge >= 0.3 is 0 Å². The molecule has 2 amide bonds. The first-order valence-corrected chi connectivity index (χ1v) is 7.60. The number of nitrogens with two attached hydrogens (primary N) is 1. The van der Waals surface area contributed by atoms with Crippen LogP contribution in [0.3, 0.4) is 0 Å². The molecule has 5 heteroatoms. The number of nitriles is 1. The lowest BCUT2D eigenvalue weighted by molar-refractivity contribution is -0.134. The van der Waals surface area contributed by atoms with E-state index in [9.17, 15) is 9.59 Å². The Labute approximate surface area is 140 Å². The largest absolute Gasteiger partial charge is 0.399 e. The monoisotopic (exact) mass is 319 g/mol. The van der Waals surface area contributed by atoms with Crippen LogP contribution in [0.4, 0.5) is 5.69 Å². The minimum absolute atomic E-state index is 0.168. The smallest absolute Gasteiger partial charge is 0.261 e. The highest BCUT2D eigenvalue weighted by Crippen LogP contribution is 2.36. The third kappa shape index (κ3) is 2.42. The Morgan fingerprint density at radius 2 is 1.79 bits per heavy atom. The molecule has 1 aliphatic rings. The highest BCUT2D eigenvalue weighted by atomic mass is 16.2. The normalized spacial score (nSPS) is 15.8. The molecule has 0 spiro atoms. The zero-order valence-electron chi connectivity index (χ0n) is 13.5. The van der Waals surface area contributed by atoms with Gasteiger partial charge in [-0.25, -0.2) is 0 Å². The molecular weight excluding hydrogens is 302 g/mol. The molecule has 0 bridgehead atoms. The Morgan fingerprint density at radius 1 is 1.12 bits per heavy atom. The molecule has 0 saturated heterocycles. The van der Waals surface area contributed by atoms with Gasteiger partial charge in [-0.3, -0.25) is 14.5 Å². The predicted octanol–water partition coefficient (Wildman–Crippen LogP) is 2.60. The molecule has 1 aliphatic heterocycles. The Balaban J connectivity index is 2.01. The van der Waals surface area contributed by atoms with Gasteiger partial charge in [0.2, 0.25) is 5.91 Å². The van der Waals surface area contributed by atoms with E-state index in [2.05, 4.69) is 0 Å². The Kier molecular flexibility index (Phi) is 3.61. The molecule has 3 rings (SSSR count). The number of amides is 2. The quantitative estimate of drug-likeness (QED) is 0.681. The first-order valence-electron chi connectivity index (χ1n) is 7.60. The van der Waals surface area contributed by atoms with Crippen molar-refractivity contribution >= 4 is 17.5 Å². The van der Waals surface area contributed by atoms with E-state index in [0.29, 0.717) is 22.4 Å². The summed E-state index contributed by atoms with van der Waals surface area (Å²) in [5.74, 6) is -0.583. The molecule has 0 fully saturated rings. The van der Waals surface area contributed by atoms with Gasteiger partial charge in [0.25, 0.3) is 5.91 Å².